The first-order valence-corrected chi connectivity index (χ1v) is 6.08. The van der Waals surface area contributed by atoms with Gasteiger partial charge in [0.2, 0.25) is 0 Å². The molecule has 0 saturated heterocycles. The van der Waals surface area contributed by atoms with Crippen LogP contribution in [0.15, 0.2) is 24.3 Å². The normalized spacial score (nSPS) is 29.3. The van der Waals surface area contributed by atoms with Crippen LogP contribution in [0.3, 0.4) is 0 Å². The molecule has 0 spiro atoms. The van der Waals surface area contributed by atoms with Crippen molar-refractivity contribution in [2.75, 3.05) is 7.11 Å². The lowest BCUT2D eigenvalue weighted by molar-refractivity contribution is -0.00583. The van der Waals surface area contributed by atoms with E-state index in [1.807, 2.05) is 24.3 Å². The molecule has 2 heteroatoms. The highest BCUT2D eigenvalue weighted by atomic mass is 16.5. The number of hydrogen-bond acceptors (Lipinski definition) is 2. The molecule has 1 aromatic carbocycles. The van der Waals surface area contributed by atoms with Gasteiger partial charge in [-0.3, -0.25) is 0 Å². The molecule has 1 saturated carbocycles. The molecular weight excluding hydrogens is 200 g/mol. The molecule has 0 aliphatic heterocycles. The van der Waals surface area contributed by atoms with E-state index in [1.165, 1.54) is 0 Å². The van der Waals surface area contributed by atoms with Crippen LogP contribution in [0.4, 0.5) is 0 Å². The molecule has 1 aliphatic rings. The predicted molar refractivity (Wildman–Crippen MR) is 64.5 cm³/mol. The molecular formula is C14H20O2. The number of rotatable bonds is 3. The van der Waals surface area contributed by atoms with E-state index in [0.717, 1.165) is 37.0 Å². The lowest BCUT2D eigenvalue weighted by atomic mass is 9.82. The minimum atomic E-state index is -0.679. The van der Waals surface area contributed by atoms with Crippen molar-refractivity contribution in [1.82, 2.24) is 0 Å². The van der Waals surface area contributed by atoms with Crippen molar-refractivity contribution < 1.29 is 9.84 Å². The third-order valence-corrected chi connectivity index (χ3v) is 3.85. The third kappa shape index (κ3) is 1.71. The van der Waals surface area contributed by atoms with Gasteiger partial charge in [-0.1, -0.05) is 31.5 Å². The second-order valence-electron chi connectivity index (χ2n) is 4.62. The van der Waals surface area contributed by atoms with Gasteiger partial charge in [-0.25, -0.2) is 0 Å². The van der Waals surface area contributed by atoms with Gasteiger partial charge in [-0.15, -0.1) is 0 Å². The van der Waals surface area contributed by atoms with Crippen LogP contribution in [0, 0.1) is 5.92 Å². The van der Waals surface area contributed by atoms with E-state index >= 15 is 0 Å². The van der Waals surface area contributed by atoms with Crippen LogP contribution in [0.1, 0.15) is 38.2 Å². The fraction of sp³-hybridized carbons (Fsp3) is 0.571. The van der Waals surface area contributed by atoms with Crippen molar-refractivity contribution in [2.24, 2.45) is 5.92 Å². The zero-order chi connectivity index (χ0) is 11.6. The van der Waals surface area contributed by atoms with Gasteiger partial charge in [0.05, 0.1) is 12.7 Å². The largest absolute Gasteiger partial charge is 0.496 e. The average molecular weight is 220 g/mol. The Labute approximate surface area is 97.3 Å². The van der Waals surface area contributed by atoms with Crippen molar-refractivity contribution in [2.45, 2.75) is 38.2 Å². The van der Waals surface area contributed by atoms with E-state index < -0.39 is 5.60 Å². The van der Waals surface area contributed by atoms with Crippen molar-refractivity contribution in [1.29, 1.82) is 0 Å². The summed E-state index contributed by atoms with van der Waals surface area (Å²) in [7, 11) is 1.66. The first-order chi connectivity index (χ1) is 7.72. The highest BCUT2D eigenvalue weighted by Gasteiger charge is 2.42. The van der Waals surface area contributed by atoms with Gasteiger partial charge in [-0.05, 0) is 31.2 Å². The fourth-order valence-electron chi connectivity index (χ4n) is 2.96. The zero-order valence-electron chi connectivity index (χ0n) is 10.1. The molecule has 2 unspecified atom stereocenters. The Morgan fingerprint density at radius 2 is 2.19 bits per heavy atom. The standard InChI is InChI=1S/C14H20O2/c1-3-11-7-6-10-14(11,15)12-8-4-5-9-13(12)16-2/h4-5,8-9,11,15H,3,6-7,10H2,1-2H3. The van der Waals surface area contributed by atoms with Gasteiger partial charge >= 0.3 is 0 Å². The summed E-state index contributed by atoms with van der Waals surface area (Å²) in [5.74, 6) is 1.18. The maximum absolute atomic E-state index is 10.9. The highest BCUT2D eigenvalue weighted by Crippen LogP contribution is 2.47. The monoisotopic (exact) mass is 220 g/mol. The lowest BCUT2D eigenvalue weighted by Crippen LogP contribution is -2.30. The molecule has 0 aromatic heterocycles. The summed E-state index contributed by atoms with van der Waals surface area (Å²) in [6.07, 6.45) is 4.10. The van der Waals surface area contributed by atoms with Gasteiger partial charge < -0.3 is 9.84 Å². The molecule has 0 bridgehead atoms. The quantitative estimate of drug-likeness (QED) is 0.848. The molecule has 1 fully saturated rings. The van der Waals surface area contributed by atoms with E-state index in [-0.39, 0.29) is 0 Å². The molecule has 1 N–H and O–H groups in total. The summed E-state index contributed by atoms with van der Waals surface area (Å²) in [4.78, 5) is 0. The van der Waals surface area contributed by atoms with E-state index in [0.29, 0.717) is 5.92 Å². The molecule has 88 valence electrons. The number of aliphatic hydroxyl groups is 1. The molecule has 16 heavy (non-hydrogen) atoms. The number of ether oxygens (including phenoxy) is 1. The molecule has 2 rings (SSSR count). The summed E-state index contributed by atoms with van der Waals surface area (Å²) in [6, 6.07) is 7.84. The van der Waals surface area contributed by atoms with E-state index in [9.17, 15) is 5.11 Å². The molecule has 0 radical (unpaired) electrons. The van der Waals surface area contributed by atoms with Crippen LogP contribution >= 0.6 is 0 Å². The minimum Gasteiger partial charge on any atom is -0.496 e. The summed E-state index contributed by atoms with van der Waals surface area (Å²) in [5, 5.41) is 10.9. The van der Waals surface area contributed by atoms with Gasteiger partial charge in [0, 0.05) is 5.56 Å². The van der Waals surface area contributed by atoms with Crippen molar-refractivity contribution in [3.05, 3.63) is 29.8 Å². The molecule has 0 heterocycles. The van der Waals surface area contributed by atoms with Crippen LogP contribution < -0.4 is 4.74 Å². The molecule has 1 aromatic rings. The van der Waals surface area contributed by atoms with Gasteiger partial charge in [0.25, 0.3) is 0 Å². The molecule has 1 aliphatic carbocycles. The lowest BCUT2D eigenvalue weighted by Gasteiger charge is -2.31. The highest BCUT2D eigenvalue weighted by molar-refractivity contribution is 5.39. The van der Waals surface area contributed by atoms with Crippen LogP contribution in [-0.2, 0) is 5.60 Å². The van der Waals surface area contributed by atoms with Gasteiger partial charge in [0.1, 0.15) is 5.75 Å². The summed E-state index contributed by atoms with van der Waals surface area (Å²) in [6.45, 7) is 2.15. The van der Waals surface area contributed by atoms with Crippen molar-refractivity contribution >= 4 is 0 Å². The second-order valence-corrected chi connectivity index (χ2v) is 4.62. The van der Waals surface area contributed by atoms with Gasteiger partial charge in [0.15, 0.2) is 0 Å². The summed E-state index contributed by atoms with van der Waals surface area (Å²) < 4.78 is 5.36. The van der Waals surface area contributed by atoms with Crippen LogP contribution in [-0.4, -0.2) is 12.2 Å². The van der Waals surface area contributed by atoms with Crippen LogP contribution in [0.25, 0.3) is 0 Å². The number of methoxy groups -OCH3 is 1. The zero-order valence-corrected chi connectivity index (χ0v) is 10.1. The van der Waals surface area contributed by atoms with Crippen molar-refractivity contribution in [3.63, 3.8) is 0 Å². The minimum absolute atomic E-state index is 0.365. The average Bonchev–Trinajstić information content (AvgIpc) is 2.71. The van der Waals surface area contributed by atoms with E-state index in [1.54, 1.807) is 7.11 Å². The molecule has 0 amide bonds. The maximum atomic E-state index is 10.9. The van der Waals surface area contributed by atoms with Crippen LogP contribution in [0.5, 0.6) is 5.75 Å². The topological polar surface area (TPSA) is 29.5 Å². The van der Waals surface area contributed by atoms with E-state index in [4.69, 9.17) is 4.74 Å². The Morgan fingerprint density at radius 1 is 1.44 bits per heavy atom. The second kappa shape index (κ2) is 4.46. The first-order valence-electron chi connectivity index (χ1n) is 6.08. The molecule has 2 nitrogen and oxygen atoms in total. The summed E-state index contributed by atoms with van der Waals surface area (Å²) >= 11 is 0. The Morgan fingerprint density at radius 3 is 2.88 bits per heavy atom. The smallest absolute Gasteiger partial charge is 0.124 e. The number of para-hydroxylation sites is 1. The van der Waals surface area contributed by atoms with E-state index in [2.05, 4.69) is 6.92 Å². The van der Waals surface area contributed by atoms with Crippen LogP contribution in [0.2, 0.25) is 0 Å². The molecule has 2 atom stereocenters. The van der Waals surface area contributed by atoms with Gasteiger partial charge in [-0.2, -0.15) is 0 Å². The predicted octanol–water partition coefficient (Wildman–Crippen LogP) is 3.09. The third-order valence-electron chi connectivity index (χ3n) is 3.85. The Balaban J connectivity index is 2.41. The Kier molecular flexibility index (Phi) is 3.20. The Bertz CT molecular complexity index is 362. The Hall–Kier alpha value is -1.02. The number of benzene rings is 1. The van der Waals surface area contributed by atoms with Crippen molar-refractivity contribution in [3.8, 4) is 5.75 Å². The summed E-state index contributed by atoms with van der Waals surface area (Å²) in [5.41, 5.74) is 0.281. The SMILES string of the molecule is CCC1CCCC1(O)c1ccccc1OC. The maximum Gasteiger partial charge on any atom is 0.124 e. The number of hydrogen-bond donors (Lipinski definition) is 1. The fourth-order valence-corrected chi connectivity index (χ4v) is 2.96. The first kappa shape index (κ1) is 11.5.